The van der Waals surface area contributed by atoms with Crippen LogP contribution in [0.4, 0.5) is 4.79 Å². The number of rotatable bonds is 11. The number of unbranched alkanes of at least 4 members (excludes halogenated alkanes) is 1. The van der Waals surface area contributed by atoms with Crippen LogP contribution in [0.2, 0.25) is 0 Å². The van der Waals surface area contributed by atoms with Crippen LogP contribution < -0.4 is 10.6 Å². The molecule has 3 N–H and O–H groups in total. The van der Waals surface area contributed by atoms with Crippen molar-refractivity contribution in [1.82, 2.24) is 15.6 Å². The summed E-state index contributed by atoms with van der Waals surface area (Å²) in [6, 6.07) is 11.3. The molecule has 180 valence electrons. The van der Waals surface area contributed by atoms with Gasteiger partial charge in [-0.3, -0.25) is 9.78 Å². The van der Waals surface area contributed by atoms with Gasteiger partial charge < -0.3 is 25.2 Å². The second kappa shape index (κ2) is 12.7. The van der Waals surface area contributed by atoms with Gasteiger partial charge in [-0.1, -0.05) is 43.7 Å². The van der Waals surface area contributed by atoms with Crippen LogP contribution in [-0.4, -0.2) is 47.3 Å². The summed E-state index contributed by atoms with van der Waals surface area (Å²) < 4.78 is 11.1. The van der Waals surface area contributed by atoms with Crippen LogP contribution in [0.3, 0.4) is 0 Å². The quantitative estimate of drug-likeness (QED) is 0.281. The number of pyridine rings is 1. The molecule has 9 nitrogen and oxygen atoms in total. The molecule has 2 amide bonds. The van der Waals surface area contributed by atoms with E-state index < -0.39 is 24.0 Å². The lowest BCUT2D eigenvalue weighted by Crippen LogP contribution is -2.49. The average Bonchev–Trinajstić information content (AvgIpc) is 3.30. The maximum Gasteiger partial charge on any atom is 0.408 e. The lowest BCUT2D eigenvalue weighted by atomic mass is 10.2. The van der Waals surface area contributed by atoms with Crippen molar-refractivity contribution in [1.29, 1.82) is 0 Å². The first-order chi connectivity index (χ1) is 16.5. The zero-order valence-corrected chi connectivity index (χ0v) is 19.6. The summed E-state index contributed by atoms with van der Waals surface area (Å²) in [4.78, 5) is 42.1. The highest BCUT2D eigenvalue weighted by atomic mass is 32.1. The fourth-order valence-corrected chi connectivity index (χ4v) is 4.06. The number of ether oxygens (including phenoxy) is 2. The molecule has 34 heavy (non-hydrogen) atoms. The Bertz CT molecular complexity index is 1120. The lowest BCUT2D eigenvalue weighted by molar-refractivity contribution is -0.146. The van der Waals surface area contributed by atoms with Crippen LogP contribution in [-0.2, 0) is 27.5 Å². The molecule has 3 rings (SSSR count). The molecule has 10 heteroatoms. The largest absolute Gasteiger partial charge is 0.464 e. The molecule has 0 aliphatic rings. The molecule has 2 heterocycles. The van der Waals surface area contributed by atoms with Gasteiger partial charge in [0.05, 0.1) is 28.3 Å². The molecule has 1 aromatic carbocycles. The van der Waals surface area contributed by atoms with E-state index in [0.717, 1.165) is 12.0 Å². The third-order valence-corrected chi connectivity index (χ3v) is 6.08. The van der Waals surface area contributed by atoms with E-state index in [4.69, 9.17) is 9.47 Å². The molecule has 0 unspecified atom stereocenters. The first-order valence-corrected chi connectivity index (χ1v) is 11.7. The number of aliphatic hydroxyl groups is 1. The topological polar surface area (TPSA) is 127 Å². The van der Waals surface area contributed by atoms with Gasteiger partial charge in [0.1, 0.15) is 12.6 Å². The van der Waals surface area contributed by atoms with Gasteiger partial charge >= 0.3 is 12.1 Å². The maximum absolute atomic E-state index is 12.7. The SMILES string of the molecule is CCCCOC(=O)[C@@H](CNC(=O)c1cc2nccc(CO)c2s1)NC(=O)OCc1ccccc1. The Kier molecular flexibility index (Phi) is 9.36. The molecule has 2 aromatic heterocycles. The molecule has 0 aliphatic carbocycles. The van der Waals surface area contributed by atoms with E-state index >= 15 is 0 Å². The zero-order valence-electron chi connectivity index (χ0n) is 18.8. The number of thiophene rings is 1. The van der Waals surface area contributed by atoms with Crippen molar-refractivity contribution in [2.45, 2.75) is 39.0 Å². The summed E-state index contributed by atoms with van der Waals surface area (Å²) >= 11 is 1.19. The van der Waals surface area contributed by atoms with Gasteiger partial charge in [0.25, 0.3) is 5.91 Å². The van der Waals surface area contributed by atoms with Gasteiger partial charge in [0.15, 0.2) is 0 Å². The van der Waals surface area contributed by atoms with E-state index in [1.165, 1.54) is 11.3 Å². The second-order valence-electron chi connectivity index (χ2n) is 7.44. The highest BCUT2D eigenvalue weighted by Crippen LogP contribution is 2.27. The van der Waals surface area contributed by atoms with E-state index in [0.29, 0.717) is 27.1 Å². The number of hydrogen-bond donors (Lipinski definition) is 3. The van der Waals surface area contributed by atoms with Gasteiger partial charge in [0.2, 0.25) is 0 Å². The summed E-state index contributed by atoms with van der Waals surface area (Å²) in [7, 11) is 0. The number of carbonyl (C=O) groups is 3. The van der Waals surface area contributed by atoms with E-state index in [9.17, 15) is 19.5 Å². The van der Waals surface area contributed by atoms with Crippen molar-refractivity contribution in [3.05, 3.63) is 64.7 Å². The van der Waals surface area contributed by atoms with Crippen molar-refractivity contribution in [3.63, 3.8) is 0 Å². The average molecular weight is 486 g/mol. The molecule has 0 radical (unpaired) electrons. The number of benzene rings is 1. The summed E-state index contributed by atoms with van der Waals surface area (Å²) in [5, 5.41) is 14.6. The standard InChI is InChI=1S/C24H27N3O6S/c1-2-3-11-32-23(30)19(27-24(31)33-15-16-7-5-4-6-8-16)13-26-22(29)20-12-18-21(34-20)17(14-28)9-10-25-18/h4-10,12,19,28H,2-3,11,13-15H2,1H3,(H,26,29)(H,27,31)/t19-/m1/s1. The third-order valence-electron chi connectivity index (χ3n) is 4.89. The minimum Gasteiger partial charge on any atom is -0.464 e. The summed E-state index contributed by atoms with van der Waals surface area (Å²) in [6.45, 7) is 1.87. The van der Waals surface area contributed by atoms with Crippen LogP contribution in [0.5, 0.6) is 0 Å². The number of aromatic nitrogens is 1. The Morgan fingerprint density at radius 3 is 2.68 bits per heavy atom. The molecule has 0 spiro atoms. The number of nitrogens with zero attached hydrogens (tertiary/aromatic N) is 1. The normalized spacial score (nSPS) is 11.6. The molecule has 1 atom stereocenters. The molecule has 0 bridgehead atoms. The Morgan fingerprint density at radius 1 is 1.15 bits per heavy atom. The fraction of sp³-hybridized carbons (Fsp3) is 0.333. The van der Waals surface area contributed by atoms with Crippen LogP contribution in [0.15, 0.2) is 48.7 Å². The molecule has 0 fully saturated rings. The van der Waals surface area contributed by atoms with Gasteiger partial charge in [-0.05, 0) is 29.7 Å². The first kappa shape index (κ1) is 25.1. The number of nitrogens with one attached hydrogen (secondary N) is 2. The summed E-state index contributed by atoms with van der Waals surface area (Å²) in [5.74, 6) is -1.09. The number of alkyl carbamates (subject to hydrolysis) is 1. The number of aliphatic hydroxyl groups excluding tert-OH is 1. The van der Waals surface area contributed by atoms with E-state index in [1.54, 1.807) is 18.3 Å². The molecule has 0 saturated carbocycles. The fourth-order valence-electron chi connectivity index (χ4n) is 3.03. The van der Waals surface area contributed by atoms with Gasteiger partial charge in [0, 0.05) is 12.7 Å². The minimum absolute atomic E-state index is 0.0403. The first-order valence-electron chi connectivity index (χ1n) is 10.9. The Labute approximate surface area is 201 Å². The second-order valence-corrected chi connectivity index (χ2v) is 8.50. The Balaban J connectivity index is 1.62. The van der Waals surface area contributed by atoms with Crippen LogP contribution >= 0.6 is 11.3 Å². The molecule has 0 saturated heterocycles. The van der Waals surface area contributed by atoms with Crippen LogP contribution in [0.25, 0.3) is 10.2 Å². The smallest absolute Gasteiger partial charge is 0.408 e. The lowest BCUT2D eigenvalue weighted by Gasteiger charge is -2.18. The molecular formula is C24H27N3O6S. The minimum atomic E-state index is -1.12. The van der Waals surface area contributed by atoms with Crippen molar-refractivity contribution in [3.8, 4) is 0 Å². The number of esters is 1. The monoisotopic (exact) mass is 485 g/mol. The van der Waals surface area contributed by atoms with Crippen LogP contribution in [0, 0.1) is 0 Å². The summed E-state index contributed by atoms with van der Waals surface area (Å²) in [6.07, 6.45) is 2.30. The van der Waals surface area contributed by atoms with Crippen molar-refractivity contribution < 1.29 is 29.0 Å². The van der Waals surface area contributed by atoms with Crippen molar-refractivity contribution in [2.24, 2.45) is 0 Å². The highest BCUT2D eigenvalue weighted by Gasteiger charge is 2.24. The number of fused-ring (bicyclic) bond motifs is 1. The predicted molar refractivity (Wildman–Crippen MR) is 127 cm³/mol. The van der Waals surface area contributed by atoms with E-state index in [-0.39, 0.29) is 26.4 Å². The Morgan fingerprint density at radius 2 is 1.94 bits per heavy atom. The number of carbonyl (C=O) groups excluding carboxylic acids is 3. The number of hydrogen-bond acceptors (Lipinski definition) is 8. The summed E-state index contributed by atoms with van der Waals surface area (Å²) in [5.41, 5.74) is 2.07. The van der Waals surface area contributed by atoms with Gasteiger partial charge in [-0.25, -0.2) is 9.59 Å². The molecule has 3 aromatic rings. The Hall–Kier alpha value is -3.50. The van der Waals surface area contributed by atoms with E-state index in [1.807, 2.05) is 37.3 Å². The van der Waals surface area contributed by atoms with Gasteiger partial charge in [-0.15, -0.1) is 11.3 Å². The van der Waals surface area contributed by atoms with Crippen molar-refractivity contribution >= 4 is 39.5 Å². The van der Waals surface area contributed by atoms with Crippen molar-refractivity contribution in [2.75, 3.05) is 13.2 Å². The third kappa shape index (κ3) is 7.00. The molecule has 0 aliphatic heterocycles. The van der Waals surface area contributed by atoms with E-state index in [2.05, 4.69) is 15.6 Å². The highest BCUT2D eigenvalue weighted by molar-refractivity contribution is 7.21. The van der Waals surface area contributed by atoms with Gasteiger partial charge in [-0.2, -0.15) is 0 Å². The number of amides is 2. The van der Waals surface area contributed by atoms with Crippen LogP contribution in [0.1, 0.15) is 40.6 Å². The predicted octanol–water partition coefficient (Wildman–Crippen LogP) is 3.16. The maximum atomic E-state index is 12.7. The molecular weight excluding hydrogens is 458 g/mol. The zero-order chi connectivity index (χ0) is 24.3.